The van der Waals surface area contributed by atoms with E-state index in [9.17, 15) is 14.0 Å². The van der Waals surface area contributed by atoms with Crippen LogP contribution in [0.5, 0.6) is 11.5 Å². The van der Waals surface area contributed by atoms with Crippen molar-refractivity contribution >= 4 is 52.6 Å². The van der Waals surface area contributed by atoms with Gasteiger partial charge in [-0.25, -0.2) is 4.39 Å². The molecule has 1 heterocycles. The van der Waals surface area contributed by atoms with Gasteiger partial charge in [0.1, 0.15) is 24.7 Å². The summed E-state index contributed by atoms with van der Waals surface area (Å²) in [7, 11) is 1.27. The van der Waals surface area contributed by atoms with Gasteiger partial charge in [0.25, 0.3) is 5.91 Å². The van der Waals surface area contributed by atoms with Crippen molar-refractivity contribution in [2.45, 2.75) is 26.9 Å². The average molecular weight is 583 g/mol. The maximum atomic E-state index is 14.1. The van der Waals surface area contributed by atoms with E-state index in [0.717, 1.165) is 12.0 Å². The molecule has 0 N–H and O–H groups in total. The second-order valence-corrected chi connectivity index (χ2v) is 9.55. The van der Waals surface area contributed by atoms with Crippen molar-refractivity contribution in [3.8, 4) is 11.5 Å². The third-order valence-electron chi connectivity index (χ3n) is 6.22. The normalized spacial score (nSPS) is 14.2. The summed E-state index contributed by atoms with van der Waals surface area (Å²) in [5, 5.41) is 0.348. The fourth-order valence-electron chi connectivity index (χ4n) is 4.13. The maximum absolute atomic E-state index is 14.1. The highest BCUT2D eigenvalue weighted by Gasteiger charge is 2.40. The molecule has 0 saturated carbocycles. The minimum Gasteiger partial charge on any atom is -0.490 e. The number of benzene rings is 3. The van der Waals surface area contributed by atoms with E-state index in [1.165, 1.54) is 23.0 Å². The first-order valence-electron chi connectivity index (χ1n) is 12.6. The van der Waals surface area contributed by atoms with Gasteiger partial charge in [0, 0.05) is 5.56 Å². The topological polar surface area (TPSA) is 68.3 Å². The summed E-state index contributed by atoms with van der Waals surface area (Å²) in [5.74, 6) is -0.807. The second kappa shape index (κ2) is 12.9. The Morgan fingerprint density at radius 1 is 1.07 bits per heavy atom. The van der Waals surface area contributed by atoms with E-state index in [4.69, 9.17) is 38.0 Å². The molecule has 1 fully saturated rings. The average Bonchev–Trinajstić information content (AvgIpc) is 3.17. The summed E-state index contributed by atoms with van der Waals surface area (Å²) in [6.07, 6.45) is 2.42. The summed E-state index contributed by atoms with van der Waals surface area (Å²) < 4.78 is 30.6. The van der Waals surface area contributed by atoms with Gasteiger partial charge in [0.15, 0.2) is 16.6 Å². The van der Waals surface area contributed by atoms with Crippen LogP contribution in [0.15, 0.2) is 66.4 Å². The SMILES string of the molecule is CCOc1cc(/C=C2/C(=O)N(c3ccc(CC)cc3)C(=S)N2CC(=O)OC)cc(Cl)c1OCc1ccccc1F. The second-order valence-electron chi connectivity index (χ2n) is 8.78. The zero-order valence-corrected chi connectivity index (χ0v) is 23.9. The minimum atomic E-state index is -0.561. The largest absolute Gasteiger partial charge is 0.490 e. The number of rotatable bonds is 10. The smallest absolute Gasteiger partial charge is 0.325 e. The number of nitrogens with zero attached hydrogens (tertiary/aromatic N) is 2. The van der Waals surface area contributed by atoms with Gasteiger partial charge in [-0.1, -0.05) is 48.9 Å². The molecule has 3 aromatic rings. The van der Waals surface area contributed by atoms with Gasteiger partial charge in [0.2, 0.25) is 0 Å². The summed E-state index contributed by atoms with van der Waals surface area (Å²) >= 11 is 12.2. The van der Waals surface area contributed by atoms with E-state index in [2.05, 4.69) is 0 Å². The molecule has 40 heavy (non-hydrogen) atoms. The quantitative estimate of drug-likeness (QED) is 0.161. The van der Waals surface area contributed by atoms with E-state index in [1.807, 2.05) is 31.2 Å². The molecule has 0 unspecified atom stereocenters. The zero-order valence-electron chi connectivity index (χ0n) is 22.3. The van der Waals surface area contributed by atoms with Crippen LogP contribution in [0.4, 0.5) is 10.1 Å². The predicted molar refractivity (Wildman–Crippen MR) is 156 cm³/mol. The molecule has 0 bridgehead atoms. The van der Waals surface area contributed by atoms with E-state index >= 15 is 0 Å². The number of hydrogen-bond donors (Lipinski definition) is 0. The fourth-order valence-corrected chi connectivity index (χ4v) is 4.76. The number of methoxy groups -OCH3 is 1. The van der Waals surface area contributed by atoms with Crippen LogP contribution in [-0.4, -0.2) is 42.2 Å². The number of carbonyl (C=O) groups excluding carboxylic acids is 2. The van der Waals surface area contributed by atoms with Gasteiger partial charge in [-0.2, -0.15) is 0 Å². The first-order valence-corrected chi connectivity index (χ1v) is 13.4. The molecular weight excluding hydrogens is 555 g/mol. The van der Waals surface area contributed by atoms with Crippen molar-refractivity contribution in [2.24, 2.45) is 0 Å². The molecular formula is C30H28ClFN2O5S. The van der Waals surface area contributed by atoms with Crippen LogP contribution in [0, 0.1) is 5.82 Å². The van der Waals surface area contributed by atoms with Gasteiger partial charge >= 0.3 is 5.97 Å². The number of anilines is 1. The molecule has 0 aliphatic carbocycles. The number of ether oxygens (including phenoxy) is 3. The predicted octanol–water partition coefficient (Wildman–Crippen LogP) is 6.17. The van der Waals surface area contributed by atoms with Crippen LogP contribution in [0.2, 0.25) is 5.02 Å². The molecule has 1 amide bonds. The Labute approximate surface area is 242 Å². The molecule has 7 nitrogen and oxygen atoms in total. The van der Waals surface area contributed by atoms with Crippen molar-refractivity contribution in [1.29, 1.82) is 0 Å². The molecule has 0 atom stereocenters. The number of halogens is 2. The van der Waals surface area contributed by atoms with E-state index in [0.29, 0.717) is 29.2 Å². The van der Waals surface area contributed by atoms with Crippen LogP contribution in [-0.2, 0) is 27.4 Å². The van der Waals surface area contributed by atoms with Crippen molar-refractivity contribution in [3.63, 3.8) is 0 Å². The Balaban J connectivity index is 1.71. The fraction of sp³-hybridized carbons (Fsp3) is 0.233. The van der Waals surface area contributed by atoms with E-state index in [-0.39, 0.29) is 34.7 Å². The number of aryl methyl sites for hydroxylation is 1. The van der Waals surface area contributed by atoms with Crippen LogP contribution in [0.3, 0.4) is 0 Å². The number of hydrogen-bond acceptors (Lipinski definition) is 6. The Bertz CT molecular complexity index is 1460. The molecule has 0 radical (unpaired) electrons. The highest BCUT2D eigenvalue weighted by molar-refractivity contribution is 7.80. The van der Waals surface area contributed by atoms with Crippen LogP contribution >= 0.6 is 23.8 Å². The zero-order chi connectivity index (χ0) is 28.8. The highest BCUT2D eigenvalue weighted by Crippen LogP contribution is 2.39. The van der Waals surface area contributed by atoms with Gasteiger partial charge in [-0.15, -0.1) is 0 Å². The summed E-state index contributed by atoms with van der Waals surface area (Å²) in [5.41, 5.74) is 2.72. The maximum Gasteiger partial charge on any atom is 0.325 e. The summed E-state index contributed by atoms with van der Waals surface area (Å²) in [6, 6.07) is 17.0. The monoisotopic (exact) mass is 582 g/mol. The molecule has 1 saturated heterocycles. The van der Waals surface area contributed by atoms with Crippen molar-refractivity contribution in [1.82, 2.24) is 4.90 Å². The third-order valence-corrected chi connectivity index (χ3v) is 6.90. The standard InChI is InChI=1S/C30H28ClFN2O5S/c1-4-19-10-12-22(13-11-19)34-29(36)25(33(30(34)40)17-27(35)37-3)15-20-14-23(31)28(26(16-20)38-5-2)39-18-21-8-6-7-9-24(21)32/h6-16H,4-5,17-18H2,1-3H3/b25-15-. The van der Waals surface area contributed by atoms with Gasteiger partial charge in [-0.3, -0.25) is 14.5 Å². The third kappa shape index (κ3) is 6.26. The molecule has 3 aromatic carbocycles. The number of thiocarbonyl (C=S) groups is 1. The first-order chi connectivity index (χ1) is 19.3. The lowest BCUT2D eigenvalue weighted by Gasteiger charge is -2.19. The molecule has 10 heteroatoms. The summed E-state index contributed by atoms with van der Waals surface area (Å²) in [4.78, 5) is 28.7. The minimum absolute atomic E-state index is 0.0572. The van der Waals surface area contributed by atoms with Crippen LogP contribution in [0.1, 0.15) is 30.5 Å². The first kappa shape index (κ1) is 29.0. The van der Waals surface area contributed by atoms with Gasteiger partial charge in [-0.05, 0) is 73.1 Å². The Kier molecular flexibility index (Phi) is 9.39. The van der Waals surface area contributed by atoms with Gasteiger partial charge < -0.3 is 19.1 Å². The Morgan fingerprint density at radius 3 is 2.45 bits per heavy atom. The van der Waals surface area contributed by atoms with Crippen molar-refractivity contribution < 1.29 is 28.2 Å². The summed E-state index contributed by atoms with van der Waals surface area (Å²) in [6.45, 7) is 3.84. The Morgan fingerprint density at radius 2 is 1.80 bits per heavy atom. The lowest BCUT2D eigenvalue weighted by atomic mass is 10.1. The molecule has 4 rings (SSSR count). The lowest BCUT2D eigenvalue weighted by molar-refractivity contribution is -0.140. The molecule has 208 valence electrons. The number of amides is 1. The molecule has 1 aliphatic rings. The van der Waals surface area contributed by atoms with Crippen molar-refractivity contribution in [3.05, 3.63) is 93.9 Å². The molecule has 0 aromatic heterocycles. The van der Waals surface area contributed by atoms with Crippen molar-refractivity contribution in [2.75, 3.05) is 25.2 Å². The van der Waals surface area contributed by atoms with Crippen LogP contribution in [0.25, 0.3) is 6.08 Å². The molecule has 0 spiro atoms. The van der Waals surface area contributed by atoms with Crippen LogP contribution < -0.4 is 14.4 Å². The van der Waals surface area contributed by atoms with E-state index < -0.39 is 17.7 Å². The highest BCUT2D eigenvalue weighted by atomic mass is 35.5. The Hall–Kier alpha value is -3.95. The number of esters is 1. The van der Waals surface area contributed by atoms with E-state index in [1.54, 1.807) is 43.3 Å². The van der Waals surface area contributed by atoms with Gasteiger partial charge in [0.05, 0.1) is 24.4 Å². The lowest BCUT2D eigenvalue weighted by Crippen LogP contribution is -2.35. The molecule has 1 aliphatic heterocycles. The number of carbonyl (C=O) groups is 2.